The van der Waals surface area contributed by atoms with Crippen molar-refractivity contribution >= 4 is 21.9 Å². The number of carbonyl (C=O) groups is 2. The molecule has 2 aromatic carbocycles. The molecule has 0 spiro atoms. The minimum atomic E-state index is -4.85. The first-order valence-electron chi connectivity index (χ1n) is 13.2. The summed E-state index contributed by atoms with van der Waals surface area (Å²) in [7, 11) is -2.56. The van der Waals surface area contributed by atoms with Crippen LogP contribution < -0.4 is 14.2 Å². The first-order chi connectivity index (χ1) is 19.1. The van der Waals surface area contributed by atoms with E-state index in [0.717, 1.165) is 0 Å². The molecule has 0 radical (unpaired) electrons. The summed E-state index contributed by atoms with van der Waals surface area (Å²) in [5.74, 6) is -0.338. The maximum atomic E-state index is 13.0. The monoisotopic (exact) mass is 600 g/mol. The van der Waals surface area contributed by atoms with E-state index in [1.165, 1.54) is 36.2 Å². The van der Waals surface area contributed by atoms with Crippen molar-refractivity contribution in [1.29, 1.82) is 0 Å². The quantitative estimate of drug-likeness (QED) is 0.261. The van der Waals surface area contributed by atoms with Crippen molar-refractivity contribution in [1.82, 2.24) is 9.62 Å². The highest BCUT2D eigenvalue weighted by molar-refractivity contribution is 7.89. The minimum Gasteiger partial charge on any atom is -0.492 e. The fourth-order valence-electron chi connectivity index (χ4n) is 4.29. The number of halogens is 3. The molecule has 41 heavy (non-hydrogen) atoms. The fraction of sp³-hybridized carbons (Fsp3) is 0.500. The summed E-state index contributed by atoms with van der Waals surface area (Å²) in [5, 5.41) is 0. The number of ether oxygens (including phenoxy) is 3. The zero-order valence-corrected chi connectivity index (χ0v) is 24.3. The molecule has 1 N–H and O–H groups in total. The van der Waals surface area contributed by atoms with Gasteiger partial charge in [0.1, 0.15) is 22.0 Å². The molecule has 1 aliphatic rings. The number of nitrogens with zero attached hydrogens (tertiary/aromatic N) is 1. The van der Waals surface area contributed by atoms with Gasteiger partial charge >= 0.3 is 12.5 Å². The van der Waals surface area contributed by atoms with E-state index in [2.05, 4.69) is 9.46 Å². The Kier molecular flexibility index (Phi) is 10.3. The van der Waals surface area contributed by atoms with Crippen LogP contribution in [0, 0.1) is 0 Å². The summed E-state index contributed by atoms with van der Waals surface area (Å²) in [4.78, 5) is 27.1. The third kappa shape index (κ3) is 9.35. The normalized spacial score (nSPS) is 13.3. The van der Waals surface area contributed by atoms with Gasteiger partial charge in [0.15, 0.2) is 5.78 Å². The van der Waals surface area contributed by atoms with E-state index in [9.17, 15) is 31.2 Å². The van der Waals surface area contributed by atoms with Gasteiger partial charge in [0.05, 0.1) is 6.61 Å². The molecule has 0 fully saturated rings. The van der Waals surface area contributed by atoms with E-state index in [4.69, 9.17) is 9.47 Å². The van der Waals surface area contributed by atoms with E-state index in [1.54, 1.807) is 32.9 Å². The molecule has 9 nitrogen and oxygen atoms in total. The molecule has 1 aliphatic heterocycles. The number of benzene rings is 2. The van der Waals surface area contributed by atoms with Crippen molar-refractivity contribution in [2.45, 2.75) is 69.7 Å². The smallest absolute Gasteiger partial charge is 0.492 e. The van der Waals surface area contributed by atoms with Crippen LogP contribution in [-0.2, 0) is 27.6 Å². The number of fused-ring (bicyclic) bond motifs is 1. The van der Waals surface area contributed by atoms with Crippen LogP contribution in [0.1, 0.15) is 61.5 Å². The largest absolute Gasteiger partial charge is 0.573 e. The summed E-state index contributed by atoms with van der Waals surface area (Å²) >= 11 is 0. The lowest BCUT2D eigenvalue weighted by Gasteiger charge is -2.27. The van der Waals surface area contributed by atoms with Crippen LogP contribution in [0.25, 0.3) is 0 Å². The molecule has 0 bridgehead atoms. The van der Waals surface area contributed by atoms with Crippen molar-refractivity contribution in [2.24, 2.45) is 0 Å². The molecular formula is C28H35F3N2O7S. The number of carbonyl (C=O) groups excluding carboxylic acids is 2. The number of nitrogens with one attached hydrogen (secondary N) is 1. The third-order valence-electron chi connectivity index (χ3n) is 6.21. The highest BCUT2D eigenvalue weighted by atomic mass is 32.2. The van der Waals surface area contributed by atoms with E-state index in [-0.39, 0.29) is 59.2 Å². The molecule has 13 heteroatoms. The lowest BCUT2D eigenvalue weighted by molar-refractivity contribution is -0.274. The summed E-state index contributed by atoms with van der Waals surface area (Å²) in [5.41, 5.74) is 0.399. The Morgan fingerprint density at radius 3 is 2.44 bits per heavy atom. The highest BCUT2D eigenvalue weighted by Crippen LogP contribution is 2.34. The van der Waals surface area contributed by atoms with Gasteiger partial charge in [-0.15, -0.1) is 13.2 Å². The van der Waals surface area contributed by atoms with Gasteiger partial charge in [0, 0.05) is 31.5 Å². The average molecular weight is 601 g/mol. The van der Waals surface area contributed by atoms with Crippen molar-refractivity contribution in [2.75, 3.05) is 26.7 Å². The van der Waals surface area contributed by atoms with Crippen LogP contribution >= 0.6 is 0 Å². The molecule has 0 saturated carbocycles. The molecule has 1 heterocycles. The third-order valence-corrected chi connectivity index (χ3v) is 7.63. The van der Waals surface area contributed by atoms with Gasteiger partial charge in [-0.3, -0.25) is 4.79 Å². The lowest BCUT2D eigenvalue weighted by Crippen LogP contribution is -2.38. The lowest BCUT2D eigenvalue weighted by atomic mass is 10.0. The molecule has 0 aromatic heterocycles. The van der Waals surface area contributed by atoms with Gasteiger partial charge in [-0.25, -0.2) is 17.9 Å². The predicted octanol–water partition coefficient (Wildman–Crippen LogP) is 5.26. The second kappa shape index (κ2) is 13.1. The average Bonchev–Trinajstić information content (AvgIpc) is 3.35. The van der Waals surface area contributed by atoms with E-state index >= 15 is 0 Å². The molecule has 1 amide bonds. The Hall–Kier alpha value is -3.32. The zero-order valence-electron chi connectivity index (χ0n) is 23.5. The van der Waals surface area contributed by atoms with Crippen LogP contribution in [0.15, 0.2) is 41.3 Å². The molecule has 0 aliphatic carbocycles. The van der Waals surface area contributed by atoms with Crippen LogP contribution in [0.3, 0.4) is 0 Å². The van der Waals surface area contributed by atoms with Gasteiger partial charge in [0.2, 0.25) is 10.0 Å². The maximum Gasteiger partial charge on any atom is 0.573 e. The standard InChI is InChI=1S/C28H35F3N2O7S/c1-27(2,3)40-26(35)33(15-12-19-9-5-6-11-23(19)39-28(29,30)31)14-8-7-10-22(34)21-17-20-13-16-38-25(20)24(18-21)41(36,37)32-4/h5-6,9,11,17-18,32H,7-8,10,12-16H2,1-4H3. The molecule has 0 atom stereocenters. The first kappa shape index (κ1) is 32.2. The first-order valence-corrected chi connectivity index (χ1v) is 14.7. The number of hydrogen-bond donors (Lipinski definition) is 1. The summed E-state index contributed by atoms with van der Waals surface area (Å²) in [6, 6.07) is 8.68. The summed E-state index contributed by atoms with van der Waals surface area (Å²) in [6.45, 7) is 5.71. The molecule has 226 valence electrons. The molecule has 2 aromatic rings. The topological polar surface area (TPSA) is 111 Å². The van der Waals surface area contributed by atoms with E-state index in [1.807, 2.05) is 0 Å². The van der Waals surface area contributed by atoms with Crippen LogP contribution in [-0.4, -0.2) is 63.9 Å². The van der Waals surface area contributed by atoms with Crippen LogP contribution in [0.5, 0.6) is 11.5 Å². The van der Waals surface area contributed by atoms with Gasteiger partial charge in [-0.1, -0.05) is 18.2 Å². The molecule has 0 saturated heterocycles. The summed E-state index contributed by atoms with van der Waals surface area (Å²) < 4.78 is 80.7. The number of hydrogen-bond acceptors (Lipinski definition) is 7. The van der Waals surface area contributed by atoms with Crippen molar-refractivity contribution in [3.8, 4) is 11.5 Å². The number of sulfonamides is 1. The number of para-hydroxylation sites is 1. The maximum absolute atomic E-state index is 13.0. The number of rotatable bonds is 12. The van der Waals surface area contributed by atoms with Crippen molar-refractivity contribution < 1.29 is 45.4 Å². The Morgan fingerprint density at radius 1 is 1.07 bits per heavy atom. The number of Topliss-reactive ketones (excluding diaryl/α,β-unsaturated/α-hetero) is 1. The van der Waals surface area contributed by atoms with Gasteiger partial charge < -0.3 is 19.1 Å². The predicted molar refractivity (Wildman–Crippen MR) is 145 cm³/mol. The Morgan fingerprint density at radius 2 is 1.78 bits per heavy atom. The number of amides is 1. The van der Waals surface area contributed by atoms with Crippen molar-refractivity contribution in [3.05, 3.63) is 53.1 Å². The minimum absolute atomic E-state index is 0.0666. The highest BCUT2D eigenvalue weighted by Gasteiger charge is 2.32. The van der Waals surface area contributed by atoms with Crippen LogP contribution in [0.2, 0.25) is 0 Å². The molecule has 3 rings (SSSR count). The van der Waals surface area contributed by atoms with Gasteiger partial charge in [-0.05, 0) is 76.4 Å². The van der Waals surface area contributed by atoms with Gasteiger partial charge in [-0.2, -0.15) is 0 Å². The van der Waals surface area contributed by atoms with Gasteiger partial charge in [0.25, 0.3) is 0 Å². The number of alkyl halides is 3. The molecular weight excluding hydrogens is 565 g/mol. The fourth-order valence-corrected chi connectivity index (χ4v) is 5.22. The Bertz CT molecular complexity index is 1360. The van der Waals surface area contributed by atoms with Crippen LogP contribution in [0.4, 0.5) is 18.0 Å². The SMILES string of the molecule is CNS(=O)(=O)c1cc(C(=O)CCCCN(CCc2ccccc2OC(F)(F)F)C(=O)OC(C)(C)C)cc2c1OCC2. The zero-order chi connectivity index (χ0) is 30.4. The van der Waals surface area contributed by atoms with Crippen molar-refractivity contribution in [3.63, 3.8) is 0 Å². The number of ketones is 1. The number of unbranched alkanes of at least 4 members (excludes halogenated alkanes) is 1. The second-order valence-electron chi connectivity index (χ2n) is 10.5. The van der Waals surface area contributed by atoms with E-state index in [0.29, 0.717) is 31.4 Å². The Labute approximate surface area is 238 Å². The summed E-state index contributed by atoms with van der Waals surface area (Å²) in [6.07, 6.45) is -4.01. The van der Waals surface area contributed by atoms with E-state index < -0.39 is 28.1 Å². The second-order valence-corrected chi connectivity index (χ2v) is 12.4. The molecule has 0 unspecified atom stereocenters. The Balaban J connectivity index is 1.66.